The number of aromatic nitrogens is 2. The minimum Gasteiger partial charge on any atom is -0.338 e. The van der Waals surface area contributed by atoms with Crippen LogP contribution in [-0.4, -0.2) is 39.9 Å². The average Bonchev–Trinajstić information content (AvgIpc) is 3.40. The molecule has 0 bridgehead atoms. The number of likely N-dealkylation sites (N-methyl/N-ethyl adjacent to an activating group) is 1. The van der Waals surface area contributed by atoms with Crippen molar-refractivity contribution < 1.29 is 14.0 Å². The molecule has 6 nitrogen and oxygen atoms in total. The summed E-state index contributed by atoms with van der Waals surface area (Å²) in [5, 5.41) is 0. The fourth-order valence-electron chi connectivity index (χ4n) is 4.52. The molecular weight excluding hydrogens is 431 g/mol. The van der Waals surface area contributed by atoms with Crippen LogP contribution in [0.3, 0.4) is 0 Å². The highest BCUT2D eigenvalue weighted by Crippen LogP contribution is 2.31. The Morgan fingerprint density at radius 1 is 1.03 bits per heavy atom. The molecule has 0 aliphatic carbocycles. The number of amides is 2. The minimum absolute atomic E-state index is 0.0284. The van der Waals surface area contributed by atoms with Crippen LogP contribution in [-0.2, 0) is 22.7 Å². The van der Waals surface area contributed by atoms with Gasteiger partial charge in [-0.15, -0.1) is 0 Å². The number of anilines is 1. The van der Waals surface area contributed by atoms with Gasteiger partial charge in [0.25, 0.3) is 0 Å². The molecule has 1 atom stereocenters. The van der Waals surface area contributed by atoms with Gasteiger partial charge in [-0.25, -0.2) is 9.37 Å². The highest BCUT2D eigenvalue weighted by atomic mass is 19.1. The summed E-state index contributed by atoms with van der Waals surface area (Å²) in [6, 6.07) is 23.4. The number of fused-ring (bicyclic) bond motifs is 1. The van der Waals surface area contributed by atoms with Crippen LogP contribution < -0.4 is 4.90 Å². The molecule has 34 heavy (non-hydrogen) atoms. The van der Waals surface area contributed by atoms with Crippen LogP contribution in [0.15, 0.2) is 78.9 Å². The topological polar surface area (TPSA) is 58.4 Å². The predicted molar refractivity (Wildman–Crippen MR) is 129 cm³/mol. The molecule has 1 fully saturated rings. The summed E-state index contributed by atoms with van der Waals surface area (Å²) in [4.78, 5) is 34.2. The summed E-state index contributed by atoms with van der Waals surface area (Å²) in [6.07, 6.45) is 0.327. The zero-order valence-electron chi connectivity index (χ0n) is 18.9. The van der Waals surface area contributed by atoms with E-state index in [1.54, 1.807) is 29.0 Å². The number of hydrogen-bond acceptors (Lipinski definition) is 3. The van der Waals surface area contributed by atoms with Gasteiger partial charge < -0.3 is 14.4 Å². The molecule has 1 aromatic heterocycles. The highest BCUT2D eigenvalue weighted by molar-refractivity contribution is 5.93. The van der Waals surface area contributed by atoms with Gasteiger partial charge in [-0.05, 0) is 42.0 Å². The first-order valence-corrected chi connectivity index (χ1v) is 11.3. The summed E-state index contributed by atoms with van der Waals surface area (Å²) in [7, 11) is 1.76. The fourth-order valence-corrected chi connectivity index (χ4v) is 4.52. The maximum absolute atomic E-state index is 13.3. The molecular formula is C27H25FN4O2. The van der Waals surface area contributed by atoms with Gasteiger partial charge in [0.05, 0.1) is 11.0 Å². The number of rotatable bonds is 6. The van der Waals surface area contributed by atoms with Crippen LogP contribution >= 0.6 is 0 Å². The lowest BCUT2D eigenvalue weighted by atomic mass is 10.1. The Morgan fingerprint density at radius 3 is 2.50 bits per heavy atom. The number of para-hydroxylation sites is 3. The minimum atomic E-state index is -0.298. The van der Waals surface area contributed by atoms with Crippen molar-refractivity contribution in [3.63, 3.8) is 0 Å². The third-order valence-corrected chi connectivity index (χ3v) is 6.36. The molecule has 2 amide bonds. The first kappa shape index (κ1) is 21.8. The van der Waals surface area contributed by atoms with Gasteiger partial charge in [0.1, 0.15) is 18.2 Å². The second-order valence-corrected chi connectivity index (χ2v) is 8.63. The van der Waals surface area contributed by atoms with Crippen LogP contribution in [0.25, 0.3) is 11.0 Å². The number of carbonyl (C=O) groups excluding carboxylic acids is 2. The van der Waals surface area contributed by atoms with Crippen molar-refractivity contribution in [2.24, 2.45) is 0 Å². The van der Waals surface area contributed by atoms with Crippen molar-refractivity contribution in [2.45, 2.75) is 25.4 Å². The molecule has 7 heteroatoms. The molecule has 2 heterocycles. The molecule has 1 saturated heterocycles. The standard InChI is InChI=1S/C27H25FN4O2/c1-30(22-7-3-2-4-8-22)26(34)18-32-24-10-6-5-9-23(24)29-27(32)20-15-25(33)31(17-20)16-19-11-13-21(28)14-12-19/h2-14,20H,15-18H2,1H3. The fraction of sp³-hybridized carbons (Fsp3) is 0.222. The second-order valence-electron chi connectivity index (χ2n) is 8.63. The Bertz CT molecular complexity index is 1330. The molecule has 3 aromatic carbocycles. The number of hydrogen-bond donors (Lipinski definition) is 0. The Balaban J connectivity index is 1.41. The van der Waals surface area contributed by atoms with E-state index in [1.165, 1.54) is 12.1 Å². The molecule has 0 saturated carbocycles. The molecule has 1 unspecified atom stereocenters. The number of likely N-dealkylation sites (tertiary alicyclic amines) is 1. The van der Waals surface area contributed by atoms with Crippen molar-refractivity contribution in [3.8, 4) is 0 Å². The SMILES string of the molecule is CN(C(=O)Cn1c(C2CC(=O)N(Cc3ccc(F)cc3)C2)nc2ccccc21)c1ccccc1. The third kappa shape index (κ3) is 4.29. The summed E-state index contributed by atoms with van der Waals surface area (Å²) in [5.74, 6) is 0.276. The second kappa shape index (κ2) is 9.09. The first-order chi connectivity index (χ1) is 16.5. The van der Waals surface area contributed by atoms with Crippen LogP contribution in [0.5, 0.6) is 0 Å². The zero-order chi connectivity index (χ0) is 23.7. The van der Waals surface area contributed by atoms with Crippen LogP contribution in [0.4, 0.5) is 10.1 Å². The monoisotopic (exact) mass is 456 g/mol. The van der Waals surface area contributed by atoms with Crippen LogP contribution in [0.1, 0.15) is 23.7 Å². The molecule has 172 valence electrons. The summed E-state index contributed by atoms with van der Waals surface area (Å²) in [5.41, 5.74) is 3.37. The molecule has 4 aromatic rings. The van der Waals surface area contributed by atoms with E-state index in [9.17, 15) is 14.0 Å². The maximum Gasteiger partial charge on any atom is 0.246 e. The lowest BCUT2D eigenvalue weighted by Crippen LogP contribution is -2.31. The summed E-state index contributed by atoms with van der Waals surface area (Å²) < 4.78 is 15.2. The van der Waals surface area contributed by atoms with Gasteiger partial charge in [0, 0.05) is 38.2 Å². The van der Waals surface area contributed by atoms with E-state index in [1.807, 2.05) is 59.2 Å². The van der Waals surface area contributed by atoms with Crippen molar-refractivity contribution in [2.75, 3.05) is 18.5 Å². The quantitative estimate of drug-likeness (QED) is 0.433. The van der Waals surface area contributed by atoms with Crippen molar-refractivity contribution in [1.82, 2.24) is 14.5 Å². The van der Waals surface area contributed by atoms with Crippen molar-refractivity contribution in [1.29, 1.82) is 0 Å². The summed E-state index contributed by atoms with van der Waals surface area (Å²) >= 11 is 0. The number of nitrogens with zero attached hydrogens (tertiary/aromatic N) is 4. The molecule has 1 aliphatic rings. The summed E-state index contributed by atoms with van der Waals surface area (Å²) in [6.45, 7) is 1.05. The Morgan fingerprint density at radius 2 is 1.74 bits per heavy atom. The van der Waals surface area contributed by atoms with Crippen molar-refractivity contribution >= 4 is 28.5 Å². The Hall–Kier alpha value is -4.00. The predicted octanol–water partition coefficient (Wildman–Crippen LogP) is 4.35. The number of halogens is 1. The molecule has 5 rings (SSSR count). The normalized spacial score (nSPS) is 15.8. The van der Waals surface area contributed by atoms with Gasteiger partial charge in [-0.1, -0.05) is 42.5 Å². The largest absolute Gasteiger partial charge is 0.338 e. The van der Waals surface area contributed by atoms with Gasteiger partial charge in [0.15, 0.2) is 0 Å². The van der Waals surface area contributed by atoms with Gasteiger partial charge in [-0.3, -0.25) is 9.59 Å². The molecule has 0 radical (unpaired) electrons. The highest BCUT2D eigenvalue weighted by Gasteiger charge is 2.34. The number of benzene rings is 3. The van der Waals surface area contributed by atoms with Gasteiger partial charge in [-0.2, -0.15) is 0 Å². The number of imidazole rings is 1. The Kier molecular flexibility index (Phi) is 5.84. The lowest BCUT2D eigenvalue weighted by molar-refractivity contribution is -0.128. The Labute approximate surface area is 197 Å². The third-order valence-electron chi connectivity index (χ3n) is 6.36. The van der Waals surface area contributed by atoms with Gasteiger partial charge in [0.2, 0.25) is 11.8 Å². The smallest absolute Gasteiger partial charge is 0.246 e. The van der Waals surface area contributed by atoms with Crippen LogP contribution in [0.2, 0.25) is 0 Å². The zero-order valence-corrected chi connectivity index (χ0v) is 18.9. The number of carbonyl (C=O) groups is 2. The first-order valence-electron chi connectivity index (χ1n) is 11.3. The average molecular weight is 457 g/mol. The van der Waals surface area contributed by atoms with E-state index in [2.05, 4.69) is 0 Å². The maximum atomic E-state index is 13.3. The molecule has 0 spiro atoms. The van der Waals surface area contributed by atoms with E-state index < -0.39 is 0 Å². The van der Waals surface area contributed by atoms with E-state index in [0.717, 1.165) is 28.1 Å². The van der Waals surface area contributed by atoms with E-state index in [-0.39, 0.29) is 30.1 Å². The van der Waals surface area contributed by atoms with E-state index >= 15 is 0 Å². The lowest BCUT2D eigenvalue weighted by Gasteiger charge is -2.20. The molecule has 0 N–H and O–H groups in total. The van der Waals surface area contributed by atoms with Crippen molar-refractivity contribution in [3.05, 3.63) is 96.1 Å². The van der Waals surface area contributed by atoms with Crippen LogP contribution in [0, 0.1) is 5.82 Å². The molecule has 1 aliphatic heterocycles. The van der Waals surface area contributed by atoms with E-state index in [0.29, 0.717) is 19.5 Å². The van der Waals surface area contributed by atoms with Gasteiger partial charge >= 0.3 is 0 Å². The van der Waals surface area contributed by atoms with E-state index in [4.69, 9.17) is 4.98 Å².